The van der Waals surface area contributed by atoms with Crippen LogP contribution in [0.5, 0.6) is 5.75 Å². The van der Waals surface area contributed by atoms with Gasteiger partial charge in [0, 0.05) is 11.1 Å². The van der Waals surface area contributed by atoms with E-state index in [-0.39, 0.29) is 16.9 Å². The summed E-state index contributed by atoms with van der Waals surface area (Å²) in [7, 11) is 1.63. The van der Waals surface area contributed by atoms with Gasteiger partial charge in [-0.2, -0.15) is 0 Å². The second-order valence-electron chi connectivity index (χ2n) is 5.94. The van der Waals surface area contributed by atoms with Crippen LogP contribution in [-0.4, -0.2) is 17.9 Å². The number of ether oxygens (including phenoxy) is 1. The maximum atomic E-state index is 12.5. The highest BCUT2D eigenvalue weighted by molar-refractivity contribution is 6.08. The Morgan fingerprint density at radius 2 is 1.80 bits per heavy atom. The second kappa shape index (κ2) is 6.77. The Morgan fingerprint density at radius 1 is 1.08 bits per heavy atom. The molecule has 0 fully saturated rings. The van der Waals surface area contributed by atoms with Gasteiger partial charge in [-0.3, -0.25) is 9.59 Å². The van der Waals surface area contributed by atoms with Crippen LogP contribution in [0.3, 0.4) is 0 Å². The largest absolute Gasteiger partial charge is 0.496 e. The van der Waals surface area contributed by atoms with Gasteiger partial charge in [-0.1, -0.05) is 36.4 Å². The summed E-state index contributed by atoms with van der Waals surface area (Å²) in [6, 6.07) is 13.4. The first-order valence-electron chi connectivity index (χ1n) is 8.00. The summed E-state index contributed by atoms with van der Waals surface area (Å²) in [5.74, 6) is 0.476. The number of ketones is 1. The molecular weight excluding hydrogens is 314 g/mol. The predicted octanol–water partition coefficient (Wildman–Crippen LogP) is 4.05. The average Bonchev–Trinajstić information content (AvgIpc) is 2.58. The molecule has 0 radical (unpaired) electrons. The Kier molecular flexibility index (Phi) is 4.52. The number of aryl methyl sites for hydroxylation is 2. The van der Waals surface area contributed by atoms with Crippen molar-refractivity contribution < 1.29 is 9.53 Å². The van der Waals surface area contributed by atoms with E-state index in [4.69, 9.17) is 4.74 Å². The number of benzene rings is 2. The molecule has 126 valence electrons. The lowest BCUT2D eigenvalue weighted by molar-refractivity contribution is 0.104. The summed E-state index contributed by atoms with van der Waals surface area (Å²) in [5.41, 5.74) is 2.14. The zero-order chi connectivity index (χ0) is 18.0. The van der Waals surface area contributed by atoms with Crippen molar-refractivity contribution in [1.29, 1.82) is 0 Å². The van der Waals surface area contributed by atoms with Crippen LogP contribution in [0.2, 0.25) is 0 Å². The van der Waals surface area contributed by atoms with Crippen molar-refractivity contribution in [2.24, 2.45) is 0 Å². The number of pyridine rings is 1. The van der Waals surface area contributed by atoms with Crippen molar-refractivity contribution in [2.75, 3.05) is 7.11 Å². The van der Waals surface area contributed by atoms with Crippen LogP contribution < -0.4 is 10.3 Å². The monoisotopic (exact) mass is 333 g/mol. The maximum absolute atomic E-state index is 12.5. The van der Waals surface area contributed by atoms with Gasteiger partial charge in [0.15, 0.2) is 5.78 Å². The van der Waals surface area contributed by atoms with Crippen molar-refractivity contribution in [1.82, 2.24) is 4.98 Å². The molecule has 0 bridgehead atoms. The summed E-state index contributed by atoms with van der Waals surface area (Å²) >= 11 is 0. The van der Waals surface area contributed by atoms with Gasteiger partial charge < -0.3 is 9.72 Å². The van der Waals surface area contributed by atoms with Crippen LogP contribution >= 0.6 is 0 Å². The lowest BCUT2D eigenvalue weighted by Crippen LogP contribution is -2.19. The third-order valence-corrected chi connectivity index (χ3v) is 4.16. The Hall–Kier alpha value is -3.14. The van der Waals surface area contributed by atoms with Gasteiger partial charge in [0.1, 0.15) is 5.75 Å². The van der Waals surface area contributed by atoms with Crippen molar-refractivity contribution in [3.63, 3.8) is 0 Å². The predicted molar refractivity (Wildman–Crippen MR) is 100 cm³/mol. The highest BCUT2D eigenvalue weighted by Crippen LogP contribution is 2.29. The number of carbonyl (C=O) groups excluding carboxylic acids is 1. The average molecular weight is 333 g/mol. The first-order chi connectivity index (χ1) is 12.0. The molecule has 1 heterocycles. The molecule has 2 aromatic carbocycles. The summed E-state index contributed by atoms with van der Waals surface area (Å²) < 4.78 is 5.38. The summed E-state index contributed by atoms with van der Waals surface area (Å²) in [6.07, 6.45) is 3.18. The molecule has 4 nitrogen and oxygen atoms in total. The molecule has 3 rings (SSSR count). The molecule has 0 saturated heterocycles. The second-order valence-corrected chi connectivity index (χ2v) is 5.94. The third-order valence-electron chi connectivity index (χ3n) is 4.16. The van der Waals surface area contributed by atoms with Crippen LogP contribution in [0.1, 0.15) is 27.2 Å². The van der Waals surface area contributed by atoms with E-state index in [2.05, 4.69) is 4.98 Å². The number of fused-ring (bicyclic) bond motifs is 1. The van der Waals surface area contributed by atoms with Gasteiger partial charge in [-0.15, -0.1) is 0 Å². The molecule has 3 aromatic rings. The zero-order valence-corrected chi connectivity index (χ0v) is 14.4. The lowest BCUT2D eigenvalue weighted by atomic mass is 10.0. The molecule has 4 heteroatoms. The van der Waals surface area contributed by atoms with E-state index in [0.29, 0.717) is 5.56 Å². The number of aromatic amines is 1. The molecule has 0 aliphatic heterocycles. The minimum Gasteiger partial charge on any atom is -0.496 e. The number of H-pyrrole nitrogens is 1. The molecule has 0 unspecified atom stereocenters. The number of hydrogen-bond acceptors (Lipinski definition) is 3. The van der Waals surface area contributed by atoms with Crippen LogP contribution in [-0.2, 0) is 0 Å². The van der Waals surface area contributed by atoms with Crippen molar-refractivity contribution in [2.45, 2.75) is 13.8 Å². The fourth-order valence-electron chi connectivity index (χ4n) is 3.03. The van der Waals surface area contributed by atoms with E-state index < -0.39 is 0 Å². The summed E-state index contributed by atoms with van der Waals surface area (Å²) in [4.78, 5) is 27.3. The van der Waals surface area contributed by atoms with Gasteiger partial charge in [-0.05, 0) is 48.6 Å². The van der Waals surface area contributed by atoms with Crippen LogP contribution in [0.15, 0.2) is 53.3 Å². The number of methoxy groups -OCH3 is 1. The molecule has 25 heavy (non-hydrogen) atoms. The van der Waals surface area contributed by atoms with Gasteiger partial charge >= 0.3 is 0 Å². The fraction of sp³-hybridized carbons (Fsp3) is 0.143. The Morgan fingerprint density at radius 3 is 2.48 bits per heavy atom. The number of nitrogens with one attached hydrogen (secondary N) is 1. The molecule has 0 aliphatic rings. The van der Waals surface area contributed by atoms with E-state index in [0.717, 1.165) is 27.8 Å². The molecule has 0 atom stereocenters. The smallest absolute Gasteiger partial charge is 0.259 e. The highest BCUT2D eigenvalue weighted by atomic mass is 16.5. The first-order valence-corrected chi connectivity index (χ1v) is 8.00. The van der Waals surface area contributed by atoms with Gasteiger partial charge in [0.2, 0.25) is 0 Å². The number of carbonyl (C=O) groups is 1. The first kappa shape index (κ1) is 16.7. The molecule has 0 spiro atoms. The van der Waals surface area contributed by atoms with Crippen LogP contribution in [0.25, 0.3) is 16.8 Å². The minimum absolute atomic E-state index is 0.180. The van der Waals surface area contributed by atoms with E-state index in [1.165, 1.54) is 6.08 Å². The SMILES string of the molecule is COc1ccc(/C=C/C(=O)c2c(C)cc(C)[nH]c2=O)c2ccccc12. The van der Waals surface area contributed by atoms with Crippen LogP contribution in [0, 0.1) is 13.8 Å². The summed E-state index contributed by atoms with van der Waals surface area (Å²) in [6.45, 7) is 3.56. The number of hydrogen-bond donors (Lipinski definition) is 1. The normalized spacial score (nSPS) is 11.2. The molecule has 0 amide bonds. The minimum atomic E-state index is -0.355. The van der Waals surface area contributed by atoms with E-state index in [1.54, 1.807) is 33.1 Å². The van der Waals surface area contributed by atoms with Crippen LogP contribution in [0.4, 0.5) is 0 Å². The Bertz CT molecular complexity index is 1040. The van der Waals surface area contributed by atoms with Gasteiger partial charge in [-0.25, -0.2) is 0 Å². The third kappa shape index (κ3) is 3.24. The van der Waals surface area contributed by atoms with Crippen molar-refractivity contribution in [3.05, 3.63) is 81.3 Å². The molecule has 1 aromatic heterocycles. The molecular formula is C21H19NO3. The van der Waals surface area contributed by atoms with E-state index in [1.807, 2.05) is 36.4 Å². The van der Waals surface area contributed by atoms with Gasteiger partial charge in [0.05, 0.1) is 12.7 Å². The maximum Gasteiger partial charge on any atom is 0.259 e. The van der Waals surface area contributed by atoms with Gasteiger partial charge in [0.25, 0.3) is 5.56 Å². The van der Waals surface area contributed by atoms with Crippen molar-refractivity contribution in [3.8, 4) is 5.75 Å². The van der Waals surface area contributed by atoms with E-state index in [9.17, 15) is 9.59 Å². The quantitative estimate of drug-likeness (QED) is 0.579. The zero-order valence-electron chi connectivity index (χ0n) is 14.4. The molecule has 0 aliphatic carbocycles. The van der Waals surface area contributed by atoms with Crippen molar-refractivity contribution >= 4 is 22.6 Å². The number of rotatable bonds is 4. The number of allylic oxidation sites excluding steroid dienone is 1. The lowest BCUT2D eigenvalue weighted by Gasteiger charge is -2.08. The van der Waals surface area contributed by atoms with E-state index >= 15 is 0 Å². The Labute approximate surface area is 145 Å². The number of aromatic nitrogens is 1. The molecule has 0 saturated carbocycles. The highest BCUT2D eigenvalue weighted by Gasteiger charge is 2.12. The Balaban J connectivity index is 2.02. The molecule has 1 N–H and O–H groups in total. The summed E-state index contributed by atoms with van der Waals surface area (Å²) in [5, 5.41) is 1.96. The standard InChI is InChI=1S/C21H19NO3/c1-13-12-14(2)22-21(24)20(13)18(23)10-8-15-9-11-19(25-3)17-7-5-4-6-16(15)17/h4-12H,1-3H3,(H,22,24)/b10-8+. The topological polar surface area (TPSA) is 59.2 Å². The fourth-order valence-corrected chi connectivity index (χ4v) is 3.03.